The predicted octanol–water partition coefficient (Wildman–Crippen LogP) is 2.01. The third-order valence-corrected chi connectivity index (χ3v) is 4.60. The van der Waals surface area contributed by atoms with E-state index in [0.29, 0.717) is 11.7 Å². The topological polar surface area (TPSA) is 62.3 Å². The third-order valence-electron chi connectivity index (χ3n) is 2.31. The van der Waals surface area contributed by atoms with Crippen molar-refractivity contribution >= 4 is 26.5 Å². The van der Waals surface area contributed by atoms with Gasteiger partial charge in [0, 0.05) is 11.9 Å². The normalized spacial score (nSPS) is 11.7. The van der Waals surface area contributed by atoms with Gasteiger partial charge in [0.15, 0.2) is 5.13 Å². The van der Waals surface area contributed by atoms with Gasteiger partial charge in [-0.15, -0.1) is 11.3 Å². The van der Waals surface area contributed by atoms with E-state index in [1.54, 1.807) is 30.3 Å². The summed E-state index contributed by atoms with van der Waals surface area (Å²) in [7, 11) is 0.331. The number of nitrogens with one attached hydrogen (secondary N) is 1. The zero-order chi connectivity index (χ0) is 13.9. The third kappa shape index (κ3) is 3.76. The first-order valence-electron chi connectivity index (χ1n) is 5.64. The number of benzene rings is 1. The van der Waals surface area contributed by atoms with Gasteiger partial charge in [-0.05, 0) is 26.2 Å². The number of hydrogen-bond donors (Lipinski definition) is 1. The van der Waals surface area contributed by atoms with Crippen molar-refractivity contribution in [1.82, 2.24) is 9.88 Å². The van der Waals surface area contributed by atoms with Crippen LogP contribution in [0.1, 0.15) is 5.69 Å². The molecule has 0 radical (unpaired) electrons. The molecule has 0 aliphatic heterocycles. The van der Waals surface area contributed by atoms with E-state index in [9.17, 15) is 8.42 Å². The van der Waals surface area contributed by atoms with Gasteiger partial charge in [-0.2, -0.15) is 0 Å². The van der Waals surface area contributed by atoms with Gasteiger partial charge in [0.2, 0.25) is 0 Å². The van der Waals surface area contributed by atoms with Crippen molar-refractivity contribution in [2.24, 2.45) is 0 Å². The van der Waals surface area contributed by atoms with Gasteiger partial charge in [-0.3, -0.25) is 4.72 Å². The molecule has 0 spiro atoms. The Labute approximate surface area is 117 Å². The molecule has 0 aliphatic rings. The van der Waals surface area contributed by atoms with Gasteiger partial charge in [-0.1, -0.05) is 18.2 Å². The number of nitrogens with zero attached hydrogens (tertiary/aromatic N) is 2. The summed E-state index contributed by atoms with van der Waals surface area (Å²) in [6, 6.07) is 8.26. The Hall–Kier alpha value is -1.44. The lowest BCUT2D eigenvalue weighted by Gasteiger charge is -2.06. The van der Waals surface area contributed by atoms with Crippen molar-refractivity contribution in [2.45, 2.75) is 11.4 Å². The fourth-order valence-electron chi connectivity index (χ4n) is 1.52. The summed E-state index contributed by atoms with van der Waals surface area (Å²) < 4.78 is 26.6. The molecular weight excluding hydrogens is 282 g/mol. The van der Waals surface area contributed by atoms with E-state index in [0.717, 1.165) is 5.69 Å². The summed E-state index contributed by atoms with van der Waals surface area (Å²) >= 11 is 1.29. The number of anilines is 1. The highest BCUT2D eigenvalue weighted by Crippen LogP contribution is 2.20. The summed E-state index contributed by atoms with van der Waals surface area (Å²) in [5.41, 5.74) is 0.848. The van der Waals surface area contributed by atoms with Crippen LogP contribution in [0.4, 0.5) is 5.13 Å². The van der Waals surface area contributed by atoms with E-state index in [1.807, 2.05) is 24.4 Å². The summed E-state index contributed by atoms with van der Waals surface area (Å²) in [6.45, 7) is 0.684. The Morgan fingerprint density at radius 2 is 1.95 bits per heavy atom. The molecule has 2 aromatic rings. The molecule has 1 heterocycles. The highest BCUT2D eigenvalue weighted by atomic mass is 32.2. The maximum atomic E-state index is 12.1. The minimum absolute atomic E-state index is 0.236. The summed E-state index contributed by atoms with van der Waals surface area (Å²) in [5.74, 6) is 0. The Balaban J connectivity index is 2.15. The Morgan fingerprint density at radius 1 is 1.26 bits per heavy atom. The van der Waals surface area contributed by atoms with Crippen LogP contribution < -0.4 is 4.72 Å². The molecule has 7 heteroatoms. The van der Waals surface area contributed by atoms with E-state index in [1.165, 1.54) is 11.3 Å². The average Bonchev–Trinajstić information content (AvgIpc) is 2.76. The van der Waals surface area contributed by atoms with Crippen LogP contribution in [0.25, 0.3) is 0 Å². The van der Waals surface area contributed by atoms with Crippen LogP contribution in [0, 0.1) is 0 Å². The van der Waals surface area contributed by atoms with Gasteiger partial charge < -0.3 is 4.90 Å². The molecule has 5 nitrogen and oxygen atoms in total. The molecule has 102 valence electrons. The maximum absolute atomic E-state index is 12.1. The molecule has 0 atom stereocenters. The van der Waals surface area contributed by atoms with Crippen LogP contribution in [0.5, 0.6) is 0 Å². The molecule has 0 saturated carbocycles. The fourth-order valence-corrected chi connectivity index (χ4v) is 3.50. The summed E-state index contributed by atoms with van der Waals surface area (Å²) in [6.07, 6.45) is 0. The molecule has 19 heavy (non-hydrogen) atoms. The van der Waals surface area contributed by atoms with Crippen molar-refractivity contribution in [2.75, 3.05) is 18.8 Å². The first-order valence-corrected chi connectivity index (χ1v) is 8.01. The second-order valence-corrected chi connectivity index (χ2v) is 6.84. The Kier molecular flexibility index (Phi) is 4.18. The maximum Gasteiger partial charge on any atom is 0.263 e. The van der Waals surface area contributed by atoms with E-state index >= 15 is 0 Å². The number of hydrogen-bond acceptors (Lipinski definition) is 5. The molecular formula is C12H15N3O2S2. The van der Waals surface area contributed by atoms with Crippen molar-refractivity contribution in [1.29, 1.82) is 0 Å². The number of aromatic nitrogens is 1. The van der Waals surface area contributed by atoms with Gasteiger partial charge in [0.05, 0.1) is 10.6 Å². The van der Waals surface area contributed by atoms with Crippen LogP contribution in [0.3, 0.4) is 0 Å². The lowest BCUT2D eigenvalue weighted by Crippen LogP contribution is -2.13. The number of sulfonamides is 1. The quantitative estimate of drug-likeness (QED) is 0.917. The second-order valence-electron chi connectivity index (χ2n) is 4.30. The average molecular weight is 297 g/mol. The Morgan fingerprint density at radius 3 is 2.58 bits per heavy atom. The molecule has 1 aromatic carbocycles. The first-order chi connectivity index (χ1) is 8.97. The van der Waals surface area contributed by atoms with Crippen LogP contribution in [-0.2, 0) is 16.6 Å². The minimum Gasteiger partial charge on any atom is -0.304 e. The number of rotatable bonds is 5. The molecule has 2 rings (SSSR count). The van der Waals surface area contributed by atoms with Gasteiger partial charge in [-0.25, -0.2) is 13.4 Å². The van der Waals surface area contributed by atoms with Crippen LogP contribution in [-0.4, -0.2) is 32.4 Å². The predicted molar refractivity (Wildman–Crippen MR) is 76.8 cm³/mol. The van der Waals surface area contributed by atoms with Crippen molar-refractivity contribution < 1.29 is 8.42 Å². The minimum atomic E-state index is -3.54. The van der Waals surface area contributed by atoms with E-state index < -0.39 is 10.0 Å². The zero-order valence-corrected chi connectivity index (χ0v) is 12.3. The summed E-state index contributed by atoms with van der Waals surface area (Å²) in [5, 5.41) is 2.24. The van der Waals surface area contributed by atoms with Crippen molar-refractivity contribution in [3.63, 3.8) is 0 Å². The van der Waals surface area contributed by atoms with E-state index in [4.69, 9.17) is 0 Å². The highest BCUT2D eigenvalue weighted by molar-refractivity contribution is 7.93. The molecule has 0 fully saturated rings. The van der Waals surface area contributed by atoms with Crippen LogP contribution >= 0.6 is 11.3 Å². The fraction of sp³-hybridized carbons (Fsp3) is 0.250. The molecule has 0 unspecified atom stereocenters. The van der Waals surface area contributed by atoms with Gasteiger partial charge in [0.1, 0.15) is 0 Å². The highest BCUT2D eigenvalue weighted by Gasteiger charge is 2.15. The smallest absolute Gasteiger partial charge is 0.263 e. The SMILES string of the molecule is CN(C)Cc1csc(NS(=O)(=O)c2ccccc2)n1. The zero-order valence-electron chi connectivity index (χ0n) is 10.7. The van der Waals surface area contributed by atoms with E-state index in [-0.39, 0.29) is 4.90 Å². The van der Waals surface area contributed by atoms with E-state index in [2.05, 4.69) is 9.71 Å². The molecule has 0 aliphatic carbocycles. The standard InChI is InChI=1S/C12H15N3O2S2/c1-15(2)8-10-9-18-12(13-10)14-19(16,17)11-6-4-3-5-7-11/h3-7,9H,8H2,1-2H3,(H,13,14). The molecule has 1 aromatic heterocycles. The largest absolute Gasteiger partial charge is 0.304 e. The summed E-state index contributed by atoms with van der Waals surface area (Å²) in [4.78, 5) is 6.46. The van der Waals surface area contributed by atoms with Crippen molar-refractivity contribution in [3.05, 3.63) is 41.4 Å². The lowest BCUT2D eigenvalue weighted by molar-refractivity contribution is 0.398. The number of thiazole rings is 1. The molecule has 1 N–H and O–H groups in total. The molecule has 0 saturated heterocycles. The second kappa shape index (κ2) is 5.68. The molecule has 0 amide bonds. The van der Waals surface area contributed by atoms with Gasteiger partial charge in [0.25, 0.3) is 10.0 Å². The van der Waals surface area contributed by atoms with Crippen LogP contribution in [0.2, 0.25) is 0 Å². The monoisotopic (exact) mass is 297 g/mol. The molecule has 0 bridgehead atoms. The van der Waals surface area contributed by atoms with Crippen molar-refractivity contribution in [3.8, 4) is 0 Å². The van der Waals surface area contributed by atoms with Gasteiger partial charge >= 0.3 is 0 Å². The lowest BCUT2D eigenvalue weighted by atomic mass is 10.4. The first kappa shape index (κ1) is 14.0. The van der Waals surface area contributed by atoms with Crippen LogP contribution in [0.15, 0.2) is 40.6 Å². The Bertz CT molecular complexity index is 636.